The number of carbonyl (C=O) groups is 1. The van der Waals surface area contributed by atoms with Crippen LogP contribution in [0.4, 0.5) is 5.13 Å². The van der Waals surface area contributed by atoms with Gasteiger partial charge in [0.2, 0.25) is 5.91 Å². The summed E-state index contributed by atoms with van der Waals surface area (Å²) in [5.74, 6) is -0.0135. The molecule has 1 atom stereocenters. The maximum absolute atomic E-state index is 12.1. The van der Waals surface area contributed by atoms with Gasteiger partial charge in [0.15, 0.2) is 5.13 Å². The summed E-state index contributed by atoms with van der Waals surface area (Å²) in [6.45, 7) is 3.91. The van der Waals surface area contributed by atoms with Crippen LogP contribution in [0.2, 0.25) is 0 Å². The number of anilines is 1. The topological polar surface area (TPSA) is 80.9 Å². The zero-order valence-corrected chi connectivity index (χ0v) is 12.4. The lowest BCUT2D eigenvalue weighted by Crippen LogP contribution is -2.29. The Morgan fingerprint density at radius 1 is 1.45 bits per heavy atom. The normalized spacial score (nSPS) is 12.1. The maximum Gasteiger partial charge on any atom is 0.225 e. The third-order valence-electron chi connectivity index (χ3n) is 3.08. The van der Waals surface area contributed by atoms with Crippen molar-refractivity contribution in [2.75, 3.05) is 5.73 Å². The standard InChI is InChI=1S/C14H18N4OS/c1-3-11(10-4-6-16-7-5-10)18-13(19)8-12-9(2)17-14(15)20-12/h4-7,11H,3,8H2,1-2H3,(H2,15,17)(H,18,19)/t11-/m0/s1. The van der Waals surface area contributed by atoms with Crippen molar-refractivity contribution < 1.29 is 4.79 Å². The zero-order valence-electron chi connectivity index (χ0n) is 11.6. The second-order valence-electron chi connectivity index (χ2n) is 4.55. The summed E-state index contributed by atoms with van der Waals surface area (Å²) in [5.41, 5.74) is 7.54. The summed E-state index contributed by atoms with van der Waals surface area (Å²) in [5, 5.41) is 3.55. The number of nitrogens with two attached hydrogens (primary N) is 1. The van der Waals surface area contributed by atoms with Crippen LogP contribution in [0.25, 0.3) is 0 Å². The van der Waals surface area contributed by atoms with Crippen LogP contribution in [0.1, 0.15) is 35.5 Å². The molecule has 0 saturated heterocycles. The Hall–Kier alpha value is -1.95. The molecule has 2 aromatic heterocycles. The van der Waals surface area contributed by atoms with Crippen LogP contribution in [-0.2, 0) is 11.2 Å². The minimum absolute atomic E-state index is 0.0103. The van der Waals surface area contributed by atoms with Crippen molar-refractivity contribution in [1.29, 1.82) is 0 Å². The van der Waals surface area contributed by atoms with Crippen LogP contribution in [0.15, 0.2) is 24.5 Å². The summed E-state index contributed by atoms with van der Waals surface area (Å²) in [6.07, 6.45) is 4.62. The number of pyridine rings is 1. The van der Waals surface area contributed by atoms with E-state index in [1.807, 2.05) is 26.0 Å². The molecule has 106 valence electrons. The number of rotatable bonds is 5. The van der Waals surface area contributed by atoms with Crippen molar-refractivity contribution in [3.8, 4) is 0 Å². The van der Waals surface area contributed by atoms with Crippen molar-refractivity contribution in [1.82, 2.24) is 15.3 Å². The number of aromatic nitrogens is 2. The average Bonchev–Trinajstić information content (AvgIpc) is 2.75. The molecule has 20 heavy (non-hydrogen) atoms. The summed E-state index contributed by atoms with van der Waals surface area (Å²) >= 11 is 1.37. The van der Waals surface area contributed by atoms with Gasteiger partial charge in [-0.3, -0.25) is 9.78 Å². The zero-order chi connectivity index (χ0) is 14.5. The maximum atomic E-state index is 12.1. The van der Waals surface area contributed by atoms with E-state index in [0.717, 1.165) is 22.6 Å². The minimum atomic E-state index is -0.0135. The lowest BCUT2D eigenvalue weighted by atomic mass is 10.1. The molecule has 0 bridgehead atoms. The van der Waals surface area contributed by atoms with E-state index < -0.39 is 0 Å². The number of nitrogens with zero attached hydrogens (tertiary/aromatic N) is 2. The molecule has 0 fully saturated rings. The molecule has 2 aromatic rings. The first-order chi connectivity index (χ1) is 9.60. The minimum Gasteiger partial charge on any atom is -0.375 e. The van der Waals surface area contributed by atoms with Crippen molar-refractivity contribution in [3.63, 3.8) is 0 Å². The summed E-state index contributed by atoms with van der Waals surface area (Å²) in [7, 11) is 0. The van der Waals surface area contributed by atoms with Crippen LogP contribution in [0.5, 0.6) is 0 Å². The summed E-state index contributed by atoms with van der Waals surface area (Å²) in [4.78, 5) is 21.2. The lowest BCUT2D eigenvalue weighted by Gasteiger charge is -2.17. The molecule has 2 rings (SSSR count). The van der Waals surface area contributed by atoms with Gasteiger partial charge in [-0.15, -0.1) is 11.3 Å². The molecule has 0 aromatic carbocycles. The summed E-state index contributed by atoms with van der Waals surface area (Å²) < 4.78 is 0. The van der Waals surface area contributed by atoms with Gasteiger partial charge in [-0.05, 0) is 31.0 Å². The van der Waals surface area contributed by atoms with Crippen LogP contribution < -0.4 is 11.1 Å². The molecule has 0 unspecified atom stereocenters. The molecule has 0 radical (unpaired) electrons. The largest absolute Gasteiger partial charge is 0.375 e. The van der Waals surface area contributed by atoms with Crippen LogP contribution >= 0.6 is 11.3 Å². The van der Waals surface area contributed by atoms with Gasteiger partial charge < -0.3 is 11.1 Å². The predicted octanol–water partition coefficient (Wildman–Crippen LogP) is 2.24. The van der Waals surface area contributed by atoms with E-state index in [2.05, 4.69) is 15.3 Å². The fourth-order valence-electron chi connectivity index (χ4n) is 2.02. The highest BCUT2D eigenvalue weighted by Crippen LogP contribution is 2.21. The van der Waals surface area contributed by atoms with Gasteiger partial charge in [-0.2, -0.15) is 0 Å². The Balaban J connectivity index is 2.01. The van der Waals surface area contributed by atoms with Crippen molar-refractivity contribution in [3.05, 3.63) is 40.7 Å². The quantitative estimate of drug-likeness (QED) is 0.885. The van der Waals surface area contributed by atoms with Crippen LogP contribution in [0, 0.1) is 6.92 Å². The number of thiazole rings is 1. The molecule has 1 amide bonds. The van der Waals surface area contributed by atoms with E-state index in [-0.39, 0.29) is 11.9 Å². The van der Waals surface area contributed by atoms with Gasteiger partial charge in [-0.1, -0.05) is 6.92 Å². The van der Waals surface area contributed by atoms with Crippen molar-refractivity contribution in [2.24, 2.45) is 0 Å². The molecule has 0 aliphatic heterocycles. The number of nitrogens with one attached hydrogen (secondary N) is 1. The molecule has 2 heterocycles. The first kappa shape index (κ1) is 14.5. The predicted molar refractivity (Wildman–Crippen MR) is 80.4 cm³/mol. The highest BCUT2D eigenvalue weighted by Gasteiger charge is 2.15. The number of hydrogen-bond acceptors (Lipinski definition) is 5. The van der Waals surface area contributed by atoms with E-state index in [4.69, 9.17) is 5.73 Å². The van der Waals surface area contributed by atoms with Gasteiger partial charge in [0.1, 0.15) is 0 Å². The molecule has 5 nitrogen and oxygen atoms in total. The van der Waals surface area contributed by atoms with Gasteiger partial charge in [0.05, 0.1) is 18.2 Å². The third kappa shape index (κ3) is 3.54. The van der Waals surface area contributed by atoms with Gasteiger partial charge in [0, 0.05) is 17.3 Å². The molecular weight excluding hydrogens is 272 g/mol. The second-order valence-corrected chi connectivity index (χ2v) is 5.66. The van der Waals surface area contributed by atoms with E-state index >= 15 is 0 Å². The van der Waals surface area contributed by atoms with Gasteiger partial charge in [0.25, 0.3) is 0 Å². The smallest absolute Gasteiger partial charge is 0.225 e. The number of aryl methyl sites for hydroxylation is 1. The Morgan fingerprint density at radius 3 is 2.70 bits per heavy atom. The van der Waals surface area contributed by atoms with E-state index in [1.54, 1.807) is 12.4 Å². The van der Waals surface area contributed by atoms with E-state index in [0.29, 0.717) is 11.6 Å². The number of hydrogen-bond donors (Lipinski definition) is 2. The van der Waals surface area contributed by atoms with Gasteiger partial charge >= 0.3 is 0 Å². The number of carbonyl (C=O) groups excluding carboxylic acids is 1. The second kappa shape index (κ2) is 6.47. The molecule has 0 aliphatic rings. The first-order valence-corrected chi connectivity index (χ1v) is 7.32. The molecule has 0 aliphatic carbocycles. The fraction of sp³-hybridized carbons (Fsp3) is 0.357. The Morgan fingerprint density at radius 2 is 2.15 bits per heavy atom. The third-order valence-corrected chi connectivity index (χ3v) is 4.07. The SMILES string of the molecule is CC[C@H](NC(=O)Cc1sc(N)nc1C)c1ccncc1. The van der Waals surface area contributed by atoms with Crippen molar-refractivity contribution >= 4 is 22.4 Å². The molecule has 0 spiro atoms. The highest BCUT2D eigenvalue weighted by molar-refractivity contribution is 7.15. The van der Waals surface area contributed by atoms with Crippen LogP contribution in [-0.4, -0.2) is 15.9 Å². The Kier molecular flexibility index (Phi) is 4.68. The molecular formula is C14H18N4OS. The van der Waals surface area contributed by atoms with E-state index in [1.165, 1.54) is 11.3 Å². The lowest BCUT2D eigenvalue weighted by molar-refractivity contribution is -0.121. The first-order valence-electron chi connectivity index (χ1n) is 6.51. The summed E-state index contributed by atoms with van der Waals surface area (Å²) in [6, 6.07) is 3.85. The molecule has 0 saturated carbocycles. The number of nitrogen functional groups attached to an aromatic ring is 1. The Bertz CT molecular complexity index is 582. The molecule has 6 heteroatoms. The fourth-order valence-corrected chi connectivity index (χ4v) is 2.85. The van der Waals surface area contributed by atoms with Crippen molar-refractivity contribution in [2.45, 2.75) is 32.7 Å². The Labute approximate surface area is 122 Å². The van der Waals surface area contributed by atoms with E-state index in [9.17, 15) is 4.79 Å². The molecule has 3 N–H and O–H groups in total. The monoisotopic (exact) mass is 290 g/mol. The average molecular weight is 290 g/mol. The van der Waals surface area contributed by atoms with Gasteiger partial charge in [-0.25, -0.2) is 4.98 Å². The highest BCUT2D eigenvalue weighted by atomic mass is 32.1. The van der Waals surface area contributed by atoms with Crippen LogP contribution in [0.3, 0.4) is 0 Å². The number of amides is 1.